The molecule has 0 saturated heterocycles. The first-order valence-electron chi connectivity index (χ1n) is 6.69. The summed E-state index contributed by atoms with van der Waals surface area (Å²) in [4.78, 5) is 13.8. The average molecular weight is 335 g/mol. The summed E-state index contributed by atoms with van der Waals surface area (Å²) in [6.45, 7) is 4.00. The van der Waals surface area contributed by atoms with Crippen LogP contribution in [0.1, 0.15) is 28.4 Å². The molecule has 0 atom stereocenters. The molecule has 108 valence electrons. The molecule has 0 saturated carbocycles. The van der Waals surface area contributed by atoms with Crippen LogP contribution in [-0.4, -0.2) is 5.78 Å². The van der Waals surface area contributed by atoms with Gasteiger partial charge in [0.05, 0.1) is 9.21 Å². The fourth-order valence-electron chi connectivity index (χ4n) is 1.76. The number of carbonyl (C=O) groups is 1. The Morgan fingerprint density at radius 1 is 1.10 bits per heavy atom. The minimum absolute atomic E-state index is 0.0331. The number of halogens is 1. The summed E-state index contributed by atoms with van der Waals surface area (Å²) in [5.41, 5.74) is 0. The van der Waals surface area contributed by atoms with Crippen LogP contribution in [0.15, 0.2) is 48.5 Å². The van der Waals surface area contributed by atoms with Crippen LogP contribution in [0.4, 0.5) is 0 Å². The molecule has 2 heterocycles. The molecule has 0 bridgehead atoms. The molecule has 0 amide bonds. The van der Waals surface area contributed by atoms with E-state index in [1.54, 1.807) is 6.08 Å². The molecule has 1 nitrogen and oxygen atoms in total. The lowest BCUT2D eigenvalue weighted by Gasteiger charge is -1.87. The Labute approximate surface area is 137 Å². The molecule has 21 heavy (non-hydrogen) atoms. The molecule has 0 unspecified atom stereocenters. The summed E-state index contributed by atoms with van der Waals surface area (Å²) >= 11 is 8.83. The topological polar surface area (TPSA) is 17.1 Å². The molecule has 0 aliphatic rings. The van der Waals surface area contributed by atoms with Gasteiger partial charge in [-0.1, -0.05) is 43.6 Å². The fraction of sp³-hybridized carbons (Fsp3) is 0.118. The minimum Gasteiger partial charge on any atom is -0.288 e. The molecule has 2 aromatic heterocycles. The van der Waals surface area contributed by atoms with Crippen molar-refractivity contribution in [3.05, 3.63) is 62.6 Å². The van der Waals surface area contributed by atoms with Crippen molar-refractivity contribution in [1.82, 2.24) is 0 Å². The second-order valence-electron chi connectivity index (χ2n) is 3.99. The second-order valence-corrected chi connectivity index (χ2v) is 6.82. The summed E-state index contributed by atoms with van der Waals surface area (Å²) < 4.78 is 1.87. The van der Waals surface area contributed by atoms with Crippen molar-refractivity contribution in [2.24, 2.45) is 0 Å². The molecular formula is C17H15ClOS2. The van der Waals surface area contributed by atoms with E-state index in [1.165, 1.54) is 22.7 Å². The van der Waals surface area contributed by atoms with Crippen molar-refractivity contribution < 1.29 is 4.79 Å². The monoisotopic (exact) mass is 334 g/mol. The Morgan fingerprint density at radius 3 is 2.52 bits per heavy atom. The molecule has 0 fully saturated rings. The standard InChI is InChI=1S/C15H9ClOS2.C2H6/c16-15-8-6-11(18-15)5-7-12(17)14-9-10-3-1-2-4-13(10)19-14;1-2/h1-9H;1-2H3/b7-5+;. The van der Waals surface area contributed by atoms with Crippen molar-refractivity contribution >= 4 is 56.2 Å². The number of hydrogen-bond acceptors (Lipinski definition) is 3. The first kappa shape index (κ1) is 16.0. The number of ketones is 1. The van der Waals surface area contributed by atoms with E-state index in [0.29, 0.717) is 0 Å². The van der Waals surface area contributed by atoms with E-state index in [0.717, 1.165) is 24.2 Å². The fourth-order valence-corrected chi connectivity index (χ4v) is 3.71. The predicted octanol–water partition coefficient (Wildman–Crippen LogP) is 6.54. The van der Waals surface area contributed by atoms with Gasteiger partial charge in [-0.2, -0.15) is 0 Å². The maximum absolute atomic E-state index is 12.1. The quantitative estimate of drug-likeness (QED) is 0.392. The van der Waals surface area contributed by atoms with E-state index in [-0.39, 0.29) is 5.78 Å². The summed E-state index contributed by atoms with van der Waals surface area (Å²) in [5, 5.41) is 1.11. The van der Waals surface area contributed by atoms with E-state index < -0.39 is 0 Å². The summed E-state index contributed by atoms with van der Waals surface area (Å²) in [6.07, 6.45) is 3.41. The molecule has 3 aromatic rings. The van der Waals surface area contributed by atoms with Crippen LogP contribution in [0.2, 0.25) is 4.34 Å². The lowest BCUT2D eigenvalue weighted by Crippen LogP contribution is -1.87. The van der Waals surface area contributed by atoms with Gasteiger partial charge in [-0.25, -0.2) is 0 Å². The van der Waals surface area contributed by atoms with Crippen LogP contribution in [0.3, 0.4) is 0 Å². The number of carbonyl (C=O) groups excluding carboxylic acids is 1. The first-order chi connectivity index (χ1) is 10.2. The number of hydrogen-bond donors (Lipinski definition) is 0. The Morgan fingerprint density at radius 2 is 1.86 bits per heavy atom. The van der Waals surface area contributed by atoms with Gasteiger partial charge in [0.25, 0.3) is 0 Å². The highest BCUT2D eigenvalue weighted by Gasteiger charge is 2.07. The zero-order chi connectivity index (χ0) is 15.2. The lowest BCUT2D eigenvalue weighted by molar-refractivity contribution is 0.105. The van der Waals surface area contributed by atoms with E-state index in [9.17, 15) is 4.79 Å². The van der Waals surface area contributed by atoms with E-state index in [4.69, 9.17) is 11.6 Å². The highest BCUT2D eigenvalue weighted by Crippen LogP contribution is 2.26. The first-order valence-corrected chi connectivity index (χ1v) is 8.70. The van der Waals surface area contributed by atoms with Gasteiger partial charge < -0.3 is 0 Å². The van der Waals surface area contributed by atoms with Crippen molar-refractivity contribution in [3.63, 3.8) is 0 Å². The number of fused-ring (bicyclic) bond motifs is 1. The van der Waals surface area contributed by atoms with Crippen LogP contribution >= 0.6 is 34.3 Å². The van der Waals surface area contributed by atoms with Crippen LogP contribution in [0.25, 0.3) is 16.2 Å². The molecule has 0 spiro atoms. The lowest BCUT2D eigenvalue weighted by atomic mass is 10.2. The Hall–Kier alpha value is -1.42. The van der Waals surface area contributed by atoms with Crippen molar-refractivity contribution in [1.29, 1.82) is 0 Å². The molecule has 0 radical (unpaired) electrons. The predicted molar refractivity (Wildman–Crippen MR) is 95.9 cm³/mol. The molecule has 0 N–H and O–H groups in total. The second kappa shape index (κ2) is 7.55. The van der Waals surface area contributed by atoms with Crippen molar-refractivity contribution in [2.75, 3.05) is 0 Å². The molecular weight excluding hydrogens is 320 g/mol. The van der Waals surface area contributed by atoms with E-state index in [1.807, 2.05) is 62.4 Å². The Balaban J connectivity index is 0.000000774. The van der Waals surface area contributed by atoms with Crippen LogP contribution in [0, 0.1) is 0 Å². The van der Waals surface area contributed by atoms with Crippen LogP contribution < -0.4 is 0 Å². The van der Waals surface area contributed by atoms with Gasteiger partial charge in [0, 0.05) is 9.58 Å². The number of thiophene rings is 2. The third-order valence-corrected chi connectivity index (χ3v) is 4.99. The molecule has 0 aliphatic heterocycles. The normalized spacial score (nSPS) is 10.6. The maximum atomic E-state index is 12.1. The largest absolute Gasteiger partial charge is 0.288 e. The van der Waals surface area contributed by atoms with Gasteiger partial charge >= 0.3 is 0 Å². The van der Waals surface area contributed by atoms with Crippen molar-refractivity contribution in [2.45, 2.75) is 13.8 Å². The highest BCUT2D eigenvalue weighted by atomic mass is 35.5. The SMILES string of the molecule is CC.O=C(/C=C/c1ccc(Cl)s1)c1cc2ccccc2s1. The van der Waals surface area contributed by atoms with Gasteiger partial charge in [0.15, 0.2) is 5.78 Å². The van der Waals surface area contributed by atoms with Gasteiger partial charge in [0.1, 0.15) is 0 Å². The zero-order valence-corrected chi connectivity index (χ0v) is 14.2. The molecule has 4 heteroatoms. The molecule has 3 rings (SSSR count). The van der Waals surface area contributed by atoms with Crippen LogP contribution in [-0.2, 0) is 0 Å². The van der Waals surface area contributed by atoms with Crippen molar-refractivity contribution in [3.8, 4) is 0 Å². The molecule has 0 aliphatic carbocycles. The third-order valence-electron chi connectivity index (χ3n) is 2.66. The highest BCUT2D eigenvalue weighted by molar-refractivity contribution is 7.21. The number of rotatable bonds is 3. The number of benzene rings is 1. The van der Waals surface area contributed by atoms with E-state index >= 15 is 0 Å². The van der Waals surface area contributed by atoms with Crippen LogP contribution in [0.5, 0.6) is 0 Å². The van der Waals surface area contributed by atoms with Gasteiger partial charge in [0.2, 0.25) is 0 Å². The van der Waals surface area contributed by atoms with Gasteiger partial charge in [-0.3, -0.25) is 4.79 Å². The third kappa shape index (κ3) is 4.03. The Kier molecular flexibility index (Phi) is 5.74. The minimum atomic E-state index is 0.0331. The van der Waals surface area contributed by atoms with Gasteiger partial charge in [-0.15, -0.1) is 22.7 Å². The van der Waals surface area contributed by atoms with Gasteiger partial charge in [-0.05, 0) is 41.8 Å². The summed E-state index contributed by atoms with van der Waals surface area (Å²) in [5.74, 6) is 0.0331. The zero-order valence-electron chi connectivity index (χ0n) is 11.8. The summed E-state index contributed by atoms with van der Waals surface area (Å²) in [7, 11) is 0. The van der Waals surface area contributed by atoms with E-state index in [2.05, 4.69) is 0 Å². The average Bonchev–Trinajstić information content (AvgIpc) is 3.12. The summed E-state index contributed by atoms with van der Waals surface area (Å²) in [6, 6.07) is 13.7. The Bertz CT molecular complexity index is 735. The molecule has 1 aromatic carbocycles. The smallest absolute Gasteiger partial charge is 0.195 e. The maximum Gasteiger partial charge on any atom is 0.195 e. The number of allylic oxidation sites excluding steroid dienone is 1.